The highest BCUT2D eigenvalue weighted by molar-refractivity contribution is 6.33. The van der Waals surface area contributed by atoms with Crippen LogP contribution < -0.4 is 10.2 Å². The Bertz CT molecular complexity index is 730. The normalized spacial score (nSPS) is 14.8. The van der Waals surface area contributed by atoms with Crippen LogP contribution in [0.15, 0.2) is 36.5 Å². The maximum Gasteiger partial charge on any atom is 0.128 e. The Kier molecular flexibility index (Phi) is 5.55. The quantitative estimate of drug-likeness (QED) is 0.883. The molecule has 1 aliphatic heterocycles. The topological polar surface area (TPSA) is 52.0 Å². The van der Waals surface area contributed by atoms with E-state index in [1.807, 2.05) is 12.3 Å². The van der Waals surface area contributed by atoms with Crippen molar-refractivity contribution in [3.8, 4) is 6.07 Å². The third-order valence-corrected chi connectivity index (χ3v) is 4.66. The van der Waals surface area contributed by atoms with Crippen LogP contribution in [0.25, 0.3) is 0 Å². The predicted molar refractivity (Wildman–Crippen MR) is 98.4 cm³/mol. The predicted octanol–water partition coefficient (Wildman–Crippen LogP) is 4.60. The summed E-state index contributed by atoms with van der Waals surface area (Å²) in [6.45, 7) is 2.77. The van der Waals surface area contributed by atoms with Gasteiger partial charge in [0.15, 0.2) is 0 Å². The molecule has 0 aliphatic carbocycles. The third kappa shape index (κ3) is 3.98. The van der Waals surface area contributed by atoms with Crippen molar-refractivity contribution in [1.29, 1.82) is 5.26 Å². The Morgan fingerprint density at radius 2 is 1.96 bits per heavy atom. The first-order valence-electron chi connectivity index (χ1n) is 8.40. The first-order chi connectivity index (χ1) is 11.8. The van der Waals surface area contributed by atoms with Gasteiger partial charge in [-0.15, -0.1) is 0 Å². The Labute approximate surface area is 148 Å². The number of nitrogens with one attached hydrogen (secondary N) is 1. The molecule has 1 aliphatic rings. The highest BCUT2D eigenvalue weighted by atomic mass is 35.5. The van der Waals surface area contributed by atoms with Crippen LogP contribution in [0.4, 0.5) is 11.5 Å². The Balaban J connectivity index is 1.72. The molecule has 2 heterocycles. The summed E-state index contributed by atoms with van der Waals surface area (Å²) in [5, 5.41) is 13.1. The van der Waals surface area contributed by atoms with Crippen molar-refractivity contribution in [3.63, 3.8) is 0 Å². The van der Waals surface area contributed by atoms with Gasteiger partial charge in [-0.05, 0) is 42.7 Å². The molecule has 0 amide bonds. The van der Waals surface area contributed by atoms with Crippen molar-refractivity contribution in [2.45, 2.75) is 32.2 Å². The van der Waals surface area contributed by atoms with Gasteiger partial charge in [0.25, 0.3) is 0 Å². The van der Waals surface area contributed by atoms with E-state index in [2.05, 4.69) is 27.3 Å². The molecule has 2 aromatic rings. The zero-order valence-electron chi connectivity index (χ0n) is 13.6. The molecule has 1 aromatic carbocycles. The second-order valence-corrected chi connectivity index (χ2v) is 6.46. The highest BCUT2D eigenvalue weighted by Crippen LogP contribution is 2.26. The number of para-hydroxylation sites is 1. The molecule has 124 valence electrons. The van der Waals surface area contributed by atoms with Crippen LogP contribution in [0.1, 0.15) is 36.8 Å². The van der Waals surface area contributed by atoms with E-state index in [0.29, 0.717) is 22.8 Å². The summed E-state index contributed by atoms with van der Waals surface area (Å²) < 4.78 is 0. The van der Waals surface area contributed by atoms with Crippen molar-refractivity contribution in [1.82, 2.24) is 4.98 Å². The maximum atomic E-state index is 9.22. The maximum absolute atomic E-state index is 9.22. The first-order valence-corrected chi connectivity index (χ1v) is 8.78. The Morgan fingerprint density at radius 1 is 1.17 bits per heavy atom. The molecule has 0 saturated carbocycles. The van der Waals surface area contributed by atoms with Crippen LogP contribution in [0.3, 0.4) is 0 Å². The largest absolute Gasteiger partial charge is 0.379 e. The van der Waals surface area contributed by atoms with Gasteiger partial charge < -0.3 is 10.2 Å². The molecular weight excluding hydrogens is 320 g/mol. The van der Waals surface area contributed by atoms with Gasteiger partial charge in [-0.1, -0.05) is 30.5 Å². The molecule has 0 unspecified atom stereocenters. The molecule has 0 bridgehead atoms. The van der Waals surface area contributed by atoms with E-state index in [1.165, 1.54) is 25.7 Å². The molecule has 5 heteroatoms. The summed E-state index contributed by atoms with van der Waals surface area (Å²) in [7, 11) is 0. The summed E-state index contributed by atoms with van der Waals surface area (Å²) in [5.41, 5.74) is 2.38. The molecule has 0 spiro atoms. The van der Waals surface area contributed by atoms with Crippen LogP contribution in [0.2, 0.25) is 5.02 Å². The molecule has 24 heavy (non-hydrogen) atoms. The zero-order valence-corrected chi connectivity index (χ0v) is 14.4. The molecule has 1 aromatic heterocycles. The van der Waals surface area contributed by atoms with Crippen LogP contribution in [0, 0.1) is 11.3 Å². The van der Waals surface area contributed by atoms with Crippen LogP contribution in [-0.4, -0.2) is 18.1 Å². The zero-order chi connectivity index (χ0) is 16.8. The Morgan fingerprint density at radius 3 is 2.71 bits per heavy atom. The van der Waals surface area contributed by atoms with E-state index in [-0.39, 0.29) is 0 Å². The minimum absolute atomic E-state index is 0.560. The van der Waals surface area contributed by atoms with Crippen LogP contribution in [-0.2, 0) is 6.54 Å². The van der Waals surface area contributed by atoms with E-state index < -0.39 is 0 Å². The van der Waals surface area contributed by atoms with Gasteiger partial charge in [-0.2, -0.15) is 5.26 Å². The summed E-state index contributed by atoms with van der Waals surface area (Å²) in [4.78, 5) is 6.90. The number of hydrogen-bond acceptors (Lipinski definition) is 4. The molecule has 1 fully saturated rings. The van der Waals surface area contributed by atoms with Crippen molar-refractivity contribution in [2.24, 2.45) is 0 Å². The van der Waals surface area contributed by atoms with E-state index in [0.717, 1.165) is 24.5 Å². The van der Waals surface area contributed by atoms with Gasteiger partial charge in [-0.3, -0.25) is 0 Å². The number of rotatable bonds is 4. The lowest BCUT2D eigenvalue weighted by Crippen LogP contribution is -2.25. The summed E-state index contributed by atoms with van der Waals surface area (Å²) >= 11 is 6.21. The van der Waals surface area contributed by atoms with Gasteiger partial charge in [0.05, 0.1) is 16.3 Å². The van der Waals surface area contributed by atoms with Crippen LogP contribution in [0.5, 0.6) is 0 Å². The van der Waals surface area contributed by atoms with Gasteiger partial charge in [0.1, 0.15) is 11.9 Å². The summed E-state index contributed by atoms with van der Waals surface area (Å²) in [6, 6.07) is 11.6. The smallest absolute Gasteiger partial charge is 0.128 e. The molecule has 0 radical (unpaired) electrons. The lowest BCUT2D eigenvalue weighted by molar-refractivity contribution is 0.726. The van der Waals surface area contributed by atoms with E-state index in [1.54, 1.807) is 18.2 Å². The van der Waals surface area contributed by atoms with Crippen molar-refractivity contribution < 1.29 is 0 Å². The number of nitrogens with zero attached hydrogens (tertiary/aromatic N) is 3. The van der Waals surface area contributed by atoms with E-state index >= 15 is 0 Å². The standard InChI is InChI=1S/C19H21ClN4/c20-17-7-5-6-16(13-21)19(17)23-14-15-8-9-22-18(12-15)24-10-3-1-2-4-11-24/h5-9,12,23H,1-4,10-11,14H2. The molecule has 0 atom stereocenters. The highest BCUT2D eigenvalue weighted by Gasteiger charge is 2.12. The minimum atomic E-state index is 0.560. The SMILES string of the molecule is N#Cc1cccc(Cl)c1NCc1ccnc(N2CCCCCC2)c1. The van der Waals surface area contributed by atoms with Crippen molar-refractivity contribution in [2.75, 3.05) is 23.3 Å². The average molecular weight is 341 g/mol. The lowest BCUT2D eigenvalue weighted by Gasteiger charge is -2.22. The van der Waals surface area contributed by atoms with Gasteiger partial charge >= 0.3 is 0 Å². The fraction of sp³-hybridized carbons (Fsp3) is 0.368. The summed E-state index contributed by atoms with van der Waals surface area (Å²) in [6.07, 6.45) is 6.93. The van der Waals surface area contributed by atoms with Gasteiger partial charge in [0.2, 0.25) is 0 Å². The fourth-order valence-electron chi connectivity index (χ4n) is 3.03. The number of hydrogen-bond donors (Lipinski definition) is 1. The second kappa shape index (κ2) is 8.03. The van der Waals surface area contributed by atoms with Crippen molar-refractivity contribution in [3.05, 3.63) is 52.7 Å². The van der Waals surface area contributed by atoms with E-state index in [9.17, 15) is 5.26 Å². The number of anilines is 2. The third-order valence-electron chi connectivity index (χ3n) is 4.34. The number of aromatic nitrogens is 1. The fourth-order valence-corrected chi connectivity index (χ4v) is 3.27. The lowest BCUT2D eigenvalue weighted by atomic mass is 10.2. The second-order valence-electron chi connectivity index (χ2n) is 6.05. The van der Waals surface area contributed by atoms with Gasteiger partial charge in [0, 0.05) is 25.8 Å². The number of halogens is 1. The molecule has 4 nitrogen and oxygen atoms in total. The summed E-state index contributed by atoms with van der Waals surface area (Å²) in [5.74, 6) is 1.04. The van der Waals surface area contributed by atoms with E-state index in [4.69, 9.17) is 11.6 Å². The monoisotopic (exact) mass is 340 g/mol. The van der Waals surface area contributed by atoms with Crippen LogP contribution >= 0.6 is 11.6 Å². The minimum Gasteiger partial charge on any atom is -0.379 e. The number of benzene rings is 1. The molecule has 1 N–H and O–H groups in total. The number of nitriles is 1. The average Bonchev–Trinajstić information content (AvgIpc) is 2.90. The van der Waals surface area contributed by atoms with Gasteiger partial charge in [-0.25, -0.2) is 4.98 Å². The Hall–Kier alpha value is -2.25. The molecular formula is C19H21ClN4. The molecule has 3 rings (SSSR count). The first kappa shape index (κ1) is 16.6. The molecule has 1 saturated heterocycles. The number of pyridine rings is 1. The van der Waals surface area contributed by atoms with Crippen molar-refractivity contribution >= 4 is 23.1 Å².